The van der Waals surface area contributed by atoms with Gasteiger partial charge in [0, 0.05) is 31.6 Å². The molecule has 1 aliphatic rings. The summed E-state index contributed by atoms with van der Waals surface area (Å²) in [4.78, 5) is 14.3. The van der Waals surface area contributed by atoms with Crippen molar-refractivity contribution in [2.45, 2.75) is 17.7 Å². The molecule has 0 unspecified atom stereocenters. The SMILES string of the molecule is COc1ccc(S(=O)(=O)NN=C2CCN(C(=O)O)CC2)cc1. The number of carbonyl (C=O) groups is 1. The van der Waals surface area contributed by atoms with E-state index in [1.165, 1.54) is 24.1 Å². The number of ether oxygens (including phenoxy) is 1. The van der Waals surface area contributed by atoms with E-state index in [4.69, 9.17) is 9.84 Å². The summed E-state index contributed by atoms with van der Waals surface area (Å²) >= 11 is 0. The molecule has 0 bridgehead atoms. The van der Waals surface area contributed by atoms with Crippen molar-refractivity contribution in [2.75, 3.05) is 20.2 Å². The number of sulfonamides is 1. The third-order valence-corrected chi connectivity index (χ3v) is 4.53. The molecular formula is C13H17N3O5S. The highest BCUT2D eigenvalue weighted by Crippen LogP contribution is 2.15. The summed E-state index contributed by atoms with van der Waals surface area (Å²) < 4.78 is 29.1. The largest absolute Gasteiger partial charge is 0.497 e. The van der Waals surface area contributed by atoms with Gasteiger partial charge in [-0.25, -0.2) is 9.63 Å². The molecule has 22 heavy (non-hydrogen) atoms. The van der Waals surface area contributed by atoms with Gasteiger partial charge in [-0.15, -0.1) is 0 Å². The van der Waals surface area contributed by atoms with Crippen LogP contribution in [0, 0.1) is 0 Å². The van der Waals surface area contributed by atoms with Crippen LogP contribution in [0.25, 0.3) is 0 Å². The van der Waals surface area contributed by atoms with Crippen molar-refractivity contribution in [3.05, 3.63) is 24.3 Å². The van der Waals surface area contributed by atoms with Crippen LogP contribution in [0.4, 0.5) is 4.79 Å². The summed E-state index contributed by atoms with van der Waals surface area (Å²) in [5.41, 5.74) is 0.634. The topological polar surface area (TPSA) is 108 Å². The van der Waals surface area contributed by atoms with Crippen molar-refractivity contribution in [2.24, 2.45) is 5.10 Å². The van der Waals surface area contributed by atoms with Gasteiger partial charge in [-0.05, 0) is 24.3 Å². The molecule has 0 atom stereocenters. The molecule has 1 fully saturated rings. The van der Waals surface area contributed by atoms with E-state index in [-0.39, 0.29) is 4.90 Å². The predicted octanol–water partition coefficient (Wildman–Crippen LogP) is 1.10. The zero-order valence-corrected chi connectivity index (χ0v) is 12.8. The average molecular weight is 327 g/mol. The van der Waals surface area contributed by atoms with Crippen LogP contribution in [0.15, 0.2) is 34.3 Å². The number of nitrogens with zero attached hydrogens (tertiary/aromatic N) is 2. The van der Waals surface area contributed by atoms with E-state index in [1.54, 1.807) is 12.1 Å². The summed E-state index contributed by atoms with van der Waals surface area (Å²) in [7, 11) is -2.24. The minimum absolute atomic E-state index is 0.0839. The Bertz CT molecular complexity index is 659. The van der Waals surface area contributed by atoms with Crippen LogP contribution < -0.4 is 9.57 Å². The standard InChI is InChI=1S/C13H17N3O5S/c1-21-11-2-4-12(5-3-11)22(19,20)15-14-10-6-8-16(9-7-10)13(17)18/h2-5,15H,6-9H2,1H3,(H,17,18). The van der Waals surface area contributed by atoms with Crippen molar-refractivity contribution in [3.8, 4) is 5.75 Å². The van der Waals surface area contributed by atoms with Crippen molar-refractivity contribution in [1.29, 1.82) is 0 Å². The molecule has 1 aromatic rings. The van der Waals surface area contributed by atoms with Crippen LogP contribution in [0.3, 0.4) is 0 Å². The number of hydrazone groups is 1. The van der Waals surface area contributed by atoms with Gasteiger partial charge in [-0.3, -0.25) is 0 Å². The summed E-state index contributed by atoms with van der Waals surface area (Å²) in [5, 5.41) is 12.7. The molecule has 1 amide bonds. The maximum Gasteiger partial charge on any atom is 0.407 e. The highest BCUT2D eigenvalue weighted by Gasteiger charge is 2.20. The quantitative estimate of drug-likeness (QED) is 0.805. The first-order valence-corrected chi connectivity index (χ1v) is 8.10. The highest BCUT2D eigenvalue weighted by atomic mass is 32.2. The molecule has 0 aliphatic carbocycles. The molecule has 8 nitrogen and oxygen atoms in total. The lowest BCUT2D eigenvalue weighted by Gasteiger charge is -2.24. The number of piperidine rings is 1. The Labute approximate surface area is 128 Å². The monoisotopic (exact) mass is 327 g/mol. The summed E-state index contributed by atoms with van der Waals surface area (Å²) in [6, 6.07) is 5.95. The maximum absolute atomic E-state index is 12.1. The van der Waals surface area contributed by atoms with Gasteiger partial charge in [0.25, 0.3) is 10.0 Å². The van der Waals surface area contributed by atoms with E-state index >= 15 is 0 Å². The molecule has 0 aromatic heterocycles. The van der Waals surface area contributed by atoms with Crippen LogP contribution in [0.1, 0.15) is 12.8 Å². The molecule has 0 spiro atoms. The summed E-state index contributed by atoms with van der Waals surface area (Å²) in [6.07, 6.45) is -0.146. The van der Waals surface area contributed by atoms with Crippen molar-refractivity contribution < 1.29 is 23.1 Å². The van der Waals surface area contributed by atoms with E-state index in [2.05, 4.69) is 9.93 Å². The number of amides is 1. The van der Waals surface area contributed by atoms with Gasteiger partial charge in [0.05, 0.1) is 12.0 Å². The fourth-order valence-electron chi connectivity index (χ4n) is 2.00. The number of hydrogen-bond acceptors (Lipinski definition) is 5. The molecule has 1 aromatic carbocycles. The smallest absolute Gasteiger partial charge is 0.407 e. The number of nitrogens with one attached hydrogen (secondary N) is 1. The van der Waals surface area contributed by atoms with Gasteiger partial charge in [0.15, 0.2) is 0 Å². The molecule has 1 saturated heterocycles. The molecular weight excluding hydrogens is 310 g/mol. The Balaban J connectivity index is 2.00. The Hall–Kier alpha value is -2.29. The Kier molecular flexibility index (Phi) is 4.86. The second-order valence-corrected chi connectivity index (χ2v) is 6.38. The number of likely N-dealkylation sites (tertiary alicyclic amines) is 1. The number of rotatable bonds is 4. The van der Waals surface area contributed by atoms with Crippen LogP contribution in [0.5, 0.6) is 5.75 Å². The second-order valence-electron chi connectivity index (χ2n) is 4.72. The fraction of sp³-hybridized carbons (Fsp3) is 0.385. The number of carboxylic acid groups (broad SMARTS) is 1. The van der Waals surface area contributed by atoms with E-state index in [1.807, 2.05) is 0 Å². The first-order valence-electron chi connectivity index (χ1n) is 6.61. The van der Waals surface area contributed by atoms with Gasteiger partial charge in [0.1, 0.15) is 5.75 Å². The Morgan fingerprint density at radius 3 is 2.36 bits per heavy atom. The lowest BCUT2D eigenvalue weighted by Crippen LogP contribution is -2.38. The maximum atomic E-state index is 12.1. The molecule has 2 rings (SSSR count). The molecule has 1 aliphatic heterocycles. The minimum atomic E-state index is -3.74. The molecule has 1 heterocycles. The Morgan fingerprint density at radius 1 is 1.27 bits per heavy atom. The second kappa shape index (κ2) is 6.65. The van der Waals surface area contributed by atoms with Crippen LogP contribution in [-0.4, -0.2) is 50.4 Å². The fourth-order valence-corrected chi connectivity index (χ4v) is 2.85. The van der Waals surface area contributed by atoms with E-state index in [9.17, 15) is 13.2 Å². The summed E-state index contributed by atoms with van der Waals surface area (Å²) in [5.74, 6) is 0.561. The minimum Gasteiger partial charge on any atom is -0.497 e. The third-order valence-electron chi connectivity index (χ3n) is 3.30. The van der Waals surface area contributed by atoms with Crippen LogP contribution >= 0.6 is 0 Å². The molecule has 0 radical (unpaired) electrons. The van der Waals surface area contributed by atoms with Gasteiger partial charge >= 0.3 is 6.09 Å². The highest BCUT2D eigenvalue weighted by molar-refractivity contribution is 7.89. The van der Waals surface area contributed by atoms with Gasteiger partial charge in [-0.2, -0.15) is 13.5 Å². The average Bonchev–Trinajstić information content (AvgIpc) is 2.53. The zero-order chi connectivity index (χ0) is 16.2. The predicted molar refractivity (Wildman–Crippen MR) is 79.6 cm³/mol. The van der Waals surface area contributed by atoms with E-state index in [0.717, 1.165) is 0 Å². The van der Waals surface area contributed by atoms with Gasteiger partial charge in [-0.1, -0.05) is 0 Å². The molecule has 2 N–H and O–H groups in total. The first kappa shape index (κ1) is 16.1. The summed E-state index contributed by atoms with van der Waals surface area (Å²) in [6.45, 7) is 0.636. The molecule has 0 saturated carbocycles. The number of methoxy groups -OCH3 is 1. The van der Waals surface area contributed by atoms with Gasteiger partial charge < -0.3 is 14.7 Å². The van der Waals surface area contributed by atoms with E-state index in [0.29, 0.717) is 37.4 Å². The number of hydrogen-bond donors (Lipinski definition) is 2. The van der Waals surface area contributed by atoms with Crippen molar-refractivity contribution >= 4 is 21.8 Å². The van der Waals surface area contributed by atoms with Crippen molar-refractivity contribution in [3.63, 3.8) is 0 Å². The third kappa shape index (κ3) is 3.88. The van der Waals surface area contributed by atoms with Crippen molar-refractivity contribution in [1.82, 2.24) is 9.73 Å². The molecule has 120 valence electrons. The number of benzene rings is 1. The van der Waals surface area contributed by atoms with E-state index < -0.39 is 16.1 Å². The molecule has 9 heteroatoms. The van der Waals surface area contributed by atoms with Gasteiger partial charge in [0.2, 0.25) is 0 Å². The Morgan fingerprint density at radius 2 is 1.86 bits per heavy atom. The van der Waals surface area contributed by atoms with Crippen LogP contribution in [0.2, 0.25) is 0 Å². The zero-order valence-electron chi connectivity index (χ0n) is 12.0. The van der Waals surface area contributed by atoms with Crippen LogP contribution in [-0.2, 0) is 10.0 Å². The normalized spacial score (nSPS) is 15.3. The lowest BCUT2D eigenvalue weighted by atomic mass is 10.1. The lowest BCUT2D eigenvalue weighted by molar-refractivity contribution is 0.145. The first-order chi connectivity index (χ1) is 10.4.